The zero-order valence-corrected chi connectivity index (χ0v) is 19.0. The molecule has 8 nitrogen and oxygen atoms in total. The highest BCUT2D eigenvalue weighted by Crippen LogP contribution is 2.35. The smallest absolute Gasteiger partial charge is 0.326 e. The third kappa shape index (κ3) is 4.20. The van der Waals surface area contributed by atoms with E-state index in [4.69, 9.17) is 5.73 Å². The van der Waals surface area contributed by atoms with Crippen molar-refractivity contribution in [1.29, 1.82) is 0 Å². The zero-order valence-electron chi connectivity index (χ0n) is 19.0. The maximum absolute atomic E-state index is 14.2. The molecule has 5 rings (SSSR count). The van der Waals surface area contributed by atoms with Crippen molar-refractivity contribution in [2.75, 3.05) is 5.32 Å². The van der Waals surface area contributed by atoms with Gasteiger partial charge in [-0.2, -0.15) is 23.4 Å². The van der Waals surface area contributed by atoms with Crippen LogP contribution in [0.1, 0.15) is 27.2 Å². The van der Waals surface area contributed by atoms with Crippen LogP contribution in [0.25, 0.3) is 22.3 Å². The largest absolute Gasteiger partial charge is 0.434 e. The molecule has 0 radical (unpaired) electrons. The number of aryl methyl sites for hydroxylation is 1. The highest BCUT2D eigenvalue weighted by Gasteiger charge is 2.41. The number of hydrogen-bond donors (Lipinski definition) is 2. The maximum Gasteiger partial charge on any atom is 0.434 e. The molecule has 3 aromatic heterocycles. The fourth-order valence-electron chi connectivity index (χ4n) is 4.03. The van der Waals surface area contributed by atoms with Gasteiger partial charge < -0.3 is 11.1 Å². The van der Waals surface area contributed by atoms with Gasteiger partial charge >= 0.3 is 6.18 Å². The monoisotopic (exact) mass is 491 g/mol. The summed E-state index contributed by atoms with van der Waals surface area (Å²) in [7, 11) is 0. The van der Waals surface area contributed by atoms with E-state index in [2.05, 4.69) is 20.5 Å². The number of carbonyl (C=O) groups is 1. The summed E-state index contributed by atoms with van der Waals surface area (Å²) in [5, 5.41) is 11.2. The number of aromatic nitrogens is 5. The Kier molecular flexibility index (Phi) is 5.77. The lowest BCUT2D eigenvalue weighted by molar-refractivity contribution is -0.143. The molecule has 0 spiro atoms. The van der Waals surface area contributed by atoms with Gasteiger partial charge in [-0.15, -0.1) is 0 Å². The number of nitrogens with one attached hydrogen (secondary N) is 1. The van der Waals surface area contributed by atoms with Gasteiger partial charge in [0.05, 0.1) is 34.8 Å². The van der Waals surface area contributed by atoms with Gasteiger partial charge in [-0.25, -0.2) is 9.36 Å². The van der Waals surface area contributed by atoms with E-state index in [1.807, 2.05) is 6.92 Å². The van der Waals surface area contributed by atoms with Crippen molar-refractivity contribution < 1.29 is 18.0 Å². The van der Waals surface area contributed by atoms with Crippen molar-refractivity contribution in [2.24, 2.45) is 5.73 Å². The molecule has 182 valence electrons. The van der Waals surface area contributed by atoms with E-state index in [1.54, 1.807) is 65.7 Å². The molecule has 0 saturated heterocycles. The van der Waals surface area contributed by atoms with Gasteiger partial charge in [0, 0.05) is 35.6 Å². The number of amides is 1. The van der Waals surface area contributed by atoms with Gasteiger partial charge in [-0.1, -0.05) is 6.07 Å². The van der Waals surface area contributed by atoms with E-state index in [0.29, 0.717) is 23.1 Å². The summed E-state index contributed by atoms with van der Waals surface area (Å²) in [5.41, 5.74) is 7.25. The average molecular weight is 491 g/mol. The molecule has 3 N–H and O–H groups in total. The first-order valence-corrected chi connectivity index (χ1v) is 10.9. The Labute approximate surface area is 203 Å². The molecule has 36 heavy (non-hydrogen) atoms. The van der Waals surface area contributed by atoms with Crippen LogP contribution in [0.4, 0.5) is 18.9 Å². The lowest BCUT2D eigenvalue weighted by atomic mass is 10.1. The number of anilines is 1. The Morgan fingerprint density at radius 1 is 1.06 bits per heavy atom. The highest BCUT2D eigenvalue weighted by molar-refractivity contribution is 6.05. The Bertz CT molecular complexity index is 1580. The van der Waals surface area contributed by atoms with Crippen LogP contribution in [0.2, 0.25) is 0 Å². The standard InChI is InChI=1S/C25H20F3N7O/c1-15-10-17(7-8-21(15)34-14-16(11-29)12-31-34)33-24(36)19-13-32-35(23(19)25(26,27)28)22-6-2-5-20-18(22)4-3-9-30-20/h2-10,12-14H,11,29H2,1H3,(H,33,36). The van der Waals surface area contributed by atoms with Gasteiger partial charge in [-0.05, 0) is 55.0 Å². The van der Waals surface area contributed by atoms with Crippen LogP contribution in [-0.4, -0.2) is 30.5 Å². The van der Waals surface area contributed by atoms with Crippen LogP contribution < -0.4 is 11.1 Å². The molecule has 11 heteroatoms. The molecular formula is C25H20F3N7O. The molecule has 0 aliphatic carbocycles. The van der Waals surface area contributed by atoms with Gasteiger partial charge in [-0.3, -0.25) is 9.78 Å². The second kappa shape index (κ2) is 8.93. The van der Waals surface area contributed by atoms with Crippen LogP contribution in [-0.2, 0) is 12.7 Å². The maximum atomic E-state index is 14.2. The Balaban J connectivity index is 1.49. The van der Waals surface area contributed by atoms with Crippen LogP contribution in [0, 0.1) is 6.92 Å². The number of fused-ring (bicyclic) bond motifs is 1. The molecule has 0 saturated carbocycles. The summed E-state index contributed by atoms with van der Waals surface area (Å²) in [5.74, 6) is -0.927. The predicted molar refractivity (Wildman–Crippen MR) is 128 cm³/mol. The van der Waals surface area contributed by atoms with Crippen molar-refractivity contribution in [3.63, 3.8) is 0 Å². The molecular weight excluding hydrogens is 471 g/mol. The van der Waals surface area contributed by atoms with Crippen molar-refractivity contribution in [3.8, 4) is 11.4 Å². The number of benzene rings is 2. The van der Waals surface area contributed by atoms with Crippen molar-refractivity contribution in [3.05, 3.63) is 95.7 Å². The molecule has 5 aromatic rings. The molecule has 0 unspecified atom stereocenters. The number of rotatable bonds is 5. The minimum absolute atomic E-state index is 0.170. The van der Waals surface area contributed by atoms with Gasteiger partial charge in [0.1, 0.15) is 0 Å². The number of nitrogens with zero attached hydrogens (tertiary/aromatic N) is 5. The lowest BCUT2D eigenvalue weighted by Gasteiger charge is -2.14. The second-order valence-electron chi connectivity index (χ2n) is 8.12. The van der Waals surface area contributed by atoms with Crippen LogP contribution >= 0.6 is 0 Å². The number of hydrogen-bond acceptors (Lipinski definition) is 5. The quantitative estimate of drug-likeness (QED) is 0.373. The summed E-state index contributed by atoms with van der Waals surface area (Å²) < 4.78 is 44.9. The minimum Gasteiger partial charge on any atom is -0.326 e. The van der Waals surface area contributed by atoms with E-state index in [-0.39, 0.29) is 5.69 Å². The fraction of sp³-hybridized carbons (Fsp3) is 0.120. The van der Waals surface area contributed by atoms with E-state index >= 15 is 0 Å². The first-order valence-electron chi connectivity index (χ1n) is 10.9. The third-order valence-corrected chi connectivity index (χ3v) is 5.71. The summed E-state index contributed by atoms with van der Waals surface area (Å²) in [6, 6.07) is 13.0. The number of nitrogens with two attached hydrogens (primary N) is 1. The first-order chi connectivity index (χ1) is 17.3. The molecule has 0 fully saturated rings. The second-order valence-corrected chi connectivity index (χ2v) is 8.12. The summed E-state index contributed by atoms with van der Waals surface area (Å²) in [6.45, 7) is 2.15. The van der Waals surface area contributed by atoms with E-state index < -0.39 is 23.3 Å². The number of alkyl halides is 3. The van der Waals surface area contributed by atoms with Crippen LogP contribution in [0.5, 0.6) is 0 Å². The molecule has 3 heterocycles. The Morgan fingerprint density at radius 2 is 1.89 bits per heavy atom. The molecule has 0 aliphatic heterocycles. The zero-order chi connectivity index (χ0) is 25.4. The minimum atomic E-state index is -4.84. The number of carbonyl (C=O) groups excluding carboxylic acids is 1. The van der Waals surface area contributed by atoms with E-state index in [0.717, 1.165) is 27.7 Å². The van der Waals surface area contributed by atoms with Gasteiger partial charge in [0.25, 0.3) is 5.91 Å². The molecule has 1 amide bonds. The normalized spacial score (nSPS) is 11.7. The Morgan fingerprint density at radius 3 is 2.61 bits per heavy atom. The highest BCUT2D eigenvalue weighted by atomic mass is 19.4. The SMILES string of the molecule is Cc1cc(NC(=O)c2cnn(-c3cccc4ncccc34)c2C(F)(F)F)ccc1-n1cc(CN)cn1. The van der Waals surface area contributed by atoms with Crippen LogP contribution in [0.15, 0.2) is 73.3 Å². The topological polar surface area (TPSA) is 104 Å². The van der Waals surface area contributed by atoms with Crippen molar-refractivity contribution >= 4 is 22.5 Å². The number of pyridine rings is 1. The fourth-order valence-corrected chi connectivity index (χ4v) is 4.03. The summed E-state index contributed by atoms with van der Waals surface area (Å²) in [4.78, 5) is 17.2. The molecule has 2 aromatic carbocycles. The lowest BCUT2D eigenvalue weighted by Crippen LogP contribution is -2.21. The first kappa shape index (κ1) is 23.2. The molecule has 0 aliphatic rings. The van der Waals surface area contributed by atoms with Crippen molar-refractivity contribution in [2.45, 2.75) is 19.6 Å². The Hall–Kier alpha value is -4.51. The summed E-state index contributed by atoms with van der Waals surface area (Å²) >= 11 is 0. The molecule has 0 bridgehead atoms. The van der Waals surface area contributed by atoms with Gasteiger partial charge in [0.15, 0.2) is 5.69 Å². The van der Waals surface area contributed by atoms with Crippen molar-refractivity contribution in [1.82, 2.24) is 24.5 Å². The van der Waals surface area contributed by atoms with Crippen LogP contribution in [0.3, 0.4) is 0 Å². The van der Waals surface area contributed by atoms with Gasteiger partial charge in [0.2, 0.25) is 0 Å². The van der Waals surface area contributed by atoms with E-state index in [9.17, 15) is 18.0 Å². The van der Waals surface area contributed by atoms with E-state index in [1.165, 1.54) is 6.07 Å². The third-order valence-electron chi connectivity index (χ3n) is 5.71. The molecule has 0 atom stereocenters. The predicted octanol–water partition coefficient (Wildman–Crippen LogP) is 4.64. The number of halogens is 3. The summed E-state index contributed by atoms with van der Waals surface area (Å²) in [6.07, 6.45) is 1.07. The average Bonchev–Trinajstić information content (AvgIpc) is 3.51.